The molecule has 0 radical (unpaired) electrons. The Hall–Kier alpha value is -3.40. The van der Waals surface area contributed by atoms with Crippen LogP contribution in [0.2, 0.25) is 0 Å². The van der Waals surface area contributed by atoms with Crippen molar-refractivity contribution in [3.8, 4) is 0 Å². The molecule has 0 atom stereocenters. The van der Waals surface area contributed by atoms with E-state index in [0.29, 0.717) is 24.2 Å². The van der Waals surface area contributed by atoms with Crippen molar-refractivity contribution >= 4 is 17.5 Å². The Labute approximate surface area is 172 Å². The predicted molar refractivity (Wildman–Crippen MR) is 117 cm³/mol. The average Bonchev–Trinajstić information content (AvgIpc) is 2.74. The van der Waals surface area contributed by atoms with Crippen molar-refractivity contribution in [2.24, 2.45) is 0 Å². The summed E-state index contributed by atoms with van der Waals surface area (Å²) in [5.41, 5.74) is 4.03. The SMILES string of the molecule is CCN(C(=O)c1cccc(C(=O)N(C)Cc2ccccc2)c1)c1cccc(C)c1. The van der Waals surface area contributed by atoms with Crippen LogP contribution < -0.4 is 4.90 Å². The third-order valence-corrected chi connectivity index (χ3v) is 4.84. The zero-order valence-corrected chi connectivity index (χ0v) is 17.1. The highest BCUT2D eigenvalue weighted by Crippen LogP contribution is 2.19. The number of nitrogens with zero attached hydrogens (tertiary/aromatic N) is 2. The van der Waals surface area contributed by atoms with Gasteiger partial charge in [0, 0.05) is 37.0 Å². The van der Waals surface area contributed by atoms with Crippen LogP contribution in [0.5, 0.6) is 0 Å². The summed E-state index contributed by atoms with van der Waals surface area (Å²) in [7, 11) is 1.77. The summed E-state index contributed by atoms with van der Waals surface area (Å²) >= 11 is 0. The minimum atomic E-state index is -0.113. The van der Waals surface area contributed by atoms with Gasteiger partial charge in [0.15, 0.2) is 0 Å². The zero-order valence-electron chi connectivity index (χ0n) is 17.1. The Bertz CT molecular complexity index is 998. The van der Waals surface area contributed by atoms with Gasteiger partial charge in [-0.1, -0.05) is 48.5 Å². The van der Waals surface area contributed by atoms with Crippen LogP contribution in [0.25, 0.3) is 0 Å². The molecule has 0 N–H and O–H groups in total. The second kappa shape index (κ2) is 9.20. The predicted octanol–water partition coefficient (Wildman–Crippen LogP) is 4.93. The highest BCUT2D eigenvalue weighted by Gasteiger charge is 2.19. The van der Waals surface area contributed by atoms with Crippen molar-refractivity contribution in [1.82, 2.24) is 4.90 Å². The lowest BCUT2D eigenvalue weighted by Gasteiger charge is -2.22. The van der Waals surface area contributed by atoms with Crippen molar-refractivity contribution in [2.45, 2.75) is 20.4 Å². The maximum absolute atomic E-state index is 13.1. The van der Waals surface area contributed by atoms with Gasteiger partial charge in [0.2, 0.25) is 0 Å². The lowest BCUT2D eigenvalue weighted by atomic mass is 10.1. The lowest BCUT2D eigenvalue weighted by molar-refractivity contribution is 0.0785. The second-order valence-corrected chi connectivity index (χ2v) is 7.12. The Morgan fingerprint density at radius 3 is 2.10 bits per heavy atom. The van der Waals surface area contributed by atoms with Gasteiger partial charge in [-0.05, 0) is 55.3 Å². The molecule has 0 spiro atoms. The minimum Gasteiger partial charge on any atom is -0.337 e. The molecule has 0 saturated heterocycles. The molecular weight excluding hydrogens is 360 g/mol. The van der Waals surface area contributed by atoms with E-state index in [4.69, 9.17) is 0 Å². The van der Waals surface area contributed by atoms with Crippen LogP contribution in [0.1, 0.15) is 38.8 Å². The van der Waals surface area contributed by atoms with Crippen molar-refractivity contribution in [3.63, 3.8) is 0 Å². The van der Waals surface area contributed by atoms with E-state index in [-0.39, 0.29) is 11.8 Å². The zero-order chi connectivity index (χ0) is 20.8. The molecule has 4 nitrogen and oxygen atoms in total. The number of rotatable bonds is 6. The highest BCUT2D eigenvalue weighted by molar-refractivity contribution is 6.07. The first-order valence-electron chi connectivity index (χ1n) is 9.77. The first-order valence-corrected chi connectivity index (χ1v) is 9.77. The van der Waals surface area contributed by atoms with Crippen LogP contribution >= 0.6 is 0 Å². The molecule has 0 bridgehead atoms. The number of benzene rings is 3. The van der Waals surface area contributed by atoms with E-state index in [9.17, 15) is 9.59 Å². The maximum Gasteiger partial charge on any atom is 0.258 e. The largest absolute Gasteiger partial charge is 0.337 e. The molecule has 0 unspecified atom stereocenters. The number of anilines is 1. The summed E-state index contributed by atoms with van der Waals surface area (Å²) in [6.45, 7) is 5.02. The van der Waals surface area contributed by atoms with Gasteiger partial charge in [-0.15, -0.1) is 0 Å². The fraction of sp³-hybridized carbons (Fsp3) is 0.200. The molecule has 3 rings (SSSR count). The van der Waals surface area contributed by atoms with E-state index >= 15 is 0 Å². The van der Waals surface area contributed by atoms with Crippen molar-refractivity contribution in [2.75, 3.05) is 18.5 Å². The molecule has 0 aliphatic rings. The molecule has 0 aromatic heterocycles. The van der Waals surface area contributed by atoms with Gasteiger partial charge >= 0.3 is 0 Å². The van der Waals surface area contributed by atoms with Crippen molar-refractivity contribution in [3.05, 3.63) is 101 Å². The standard InChI is InChI=1S/C25H26N2O2/c1-4-27(23-15-8-10-19(2)16-23)25(29)22-14-9-13-21(17-22)24(28)26(3)18-20-11-6-5-7-12-20/h5-17H,4,18H2,1-3H3. The van der Waals surface area contributed by atoms with Crippen LogP contribution in [0.4, 0.5) is 5.69 Å². The second-order valence-electron chi connectivity index (χ2n) is 7.12. The summed E-state index contributed by atoms with van der Waals surface area (Å²) in [4.78, 5) is 29.4. The molecule has 29 heavy (non-hydrogen) atoms. The van der Waals surface area contributed by atoms with Gasteiger partial charge in [0.05, 0.1) is 0 Å². The topological polar surface area (TPSA) is 40.6 Å². The minimum absolute atomic E-state index is 0.109. The number of hydrogen-bond acceptors (Lipinski definition) is 2. The van der Waals surface area contributed by atoms with Crippen molar-refractivity contribution in [1.29, 1.82) is 0 Å². The van der Waals surface area contributed by atoms with Gasteiger partial charge in [-0.3, -0.25) is 9.59 Å². The number of hydrogen-bond donors (Lipinski definition) is 0. The van der Waals surface area contributed by atoms with E-state index in [2.05, 4.69) is 0 Å². The third kappa shape index (κ3) is 4.91. The Morgan fingerprint density at radius 1 is 0.793 bits per heavy atom. The smallest absolute Gasteiger partial charge is 0.258 e. The van der Waals surface area contributed by atoms with Gasteiger partial charge in [-0.2, -0.15) is 0 Å². The number of aryl methyl sites for hydroxylation is 1. The molecule has 4 heteroatoms. The normalized spacial score (nSPS) is 10.4. The maximum atomic E-state index is 13.1. The number of carbonyl (C=O) groups is 2. The molecule has 0 heterocycles. The molecule has 2 amide bonds. The van der Waals surface area contributed by atoms with E-state index in [1.807, 2.05) is 68.4 Å². The summed E-state index contributed by atoms with van der Waals surface area (Å²) in [6, 6.07) is 24.7. The molecule has 0 aliphatic carbocycles. The van der Waals surface area contributed by atoms with E-state index in [1.165, 1.54) is 0 Å². The van der Waals surface area contributed by atoms with Crippen LogP contribution in [-0.2, 0) is 6.54 Å². The van der Waals surface area contributed by atoms with Crippen LogP contribution in [-0.4, -0.2) is 30.3 Å². The number of carbonyl (C=O) groups excluding carboxylic acids is 2. The van der Waals surface area contributed by atoms with Crippen LogP contribution in [0, 0.1) is 6.92 Å². The van der Waals surface area contributed by atoms with Gasteiger partial charge in [0.25, 0.3) is 11.8 Å². The molecule has 148 valence electrons. The molecular formula is C25H26N2O2. The molecule has 0 fully saturated rings. The fourth-order valence-electron chi connectivity index (χ4n) is 3.33. The van der Waals surface area contributed by atoms with Crippen LogP contribution in [0.15, 0.2) is 78.9 Å². The fourth-order valence-corrected chi connectivity index (χ4v) is 3.33. The highest BCUT2D eigenvalue weighted by atomic mass is 16.2. The lowest BCUT2D eigenvalue weighted by Crippen LogP contribution is -2.31. The third-order valence-electron chi connectivity index (χ3n) is 4.84. The van der Waals surface area contributed by atoms with Gasteiger partial charge in [-0.25, -0.2) is 0 Å². The average molecular weight is 386 g/mol. The number of amides is 2. The van der Waals surface area contributed by atoms with Gasteiger partial charge < -0.3 is 9.80 Å². The van der Waals surface area contributed by atoms with E-state index in [1.54, 1.807) is 41.1 Å². The monoisotopic (exact) mass is 386 g/mol. The van der Waals surface area contributed by atoms with E-state index in [0.717, 1.165) is 16.8 Å². The first-order chi connectivity index (χ1) is 14.0. The quantitative estimate of drug-likeness (QED) is 0.602. The van der Waals surface area contributed by atoms with E-state index < -0.39 is 0 Å². The summed E-state index contributed by atoms with van der Waals surface area (Å²) < 4.78 is 0. The Kier molecular flexibility index (Phi) is 6.45. The Balaban J connectivity index is 1.80. The molecule has 0 saturated carbocycles. The first kappa shape index (κ1) is 20.3. The molecule has 0 aliphatic heterocycles. The summed E-state index contributed by atoms with van der Waals surface area (Å²) in [5.74, 6) is -0.222. The molecule has 3 aromatic rings. The summed E-state index contributed by atoms with van der Waals surface area (Å²) in [5, 5.41) is 0. The summed E-state index contributed by atoms with van der Waals surface area (Å²) in [6.07, 6.45) is 0. The molecule has 3 aromatic carbocycles. The van der Waals surface area contributed by atoms with Gasteiger partial charge in [0.1, 0.15) is 0 Å². The Morgan fingerprint density at radius 2 is 1.45 bits per heavy atom. The van der Waals surface area contributed by atoms with Crippen molar-refractivity contribution < 1.29 is 9.59 Å². The van der Waals surface area contributed by atoms with Crippen LogP contribution in [0.3, 0.4) is 0 Å².